The molecule has 1 aliphatic rings. The van der Waals surface area contributed by atoms with Crippen LogP contribution in [-0.4, -0.2) is 21.0 Å². The molecule has 1 aromatic heterocycles. The lowest BCUT2D eigenvalue weighted by atomic mass is 10.2. The minimum absolute atomic E-state index is 0.926. The van der Waals surface area contributed by atoms with Gasteiger partial charge in [-0.1, -0.05) is 40.5 Å². The molecule has 0 saturated carbocycles. The average molecular weight is 395 g/mol. The first-order valence-corrected chi connectivity index (χ1v) is 9.42. The molecule has 0 atom stereocenters. The number of hydrogen-bond donors (Lipinski definition) is 0. The van der Waals surface area contributed by atoms with Crippen LogP contribution in [0.1, 0.15) is 30.7 Å². The van der Waals surface area contributed by atoms with Gasteiger partial charge in [0.1, 0.15) is 5.82 Å². The van der Waals surface area contributed by atoms with Crippen molar-refractivity contribution in [1.29, 1.82) is 0 Å². The lowest BCUT2D eigenvalue weighted by Crippen LogP contribution is -2.02. The van der Waals surface area contributed by atoms with E-state index in [9.17, 15) is 0 Å². The van der Waals surface area contributed by atoms with E-state index >= 15 is 0 Å². The Hall–Kier alpha value is -2.27. The highest BCUT2D eigenvalue weighted by Gasteiger charge is 2.15. The summed E-state index contributed by atoms with van der Waals surface area (Å²) >= 11 is 3.54. The standard InChI is InChI=1S/C20H19BrN4/c21-18-7-4-3-6-16(18)14-22-17-11-9-15(10-12-17)20-24-23-19-8-2-1-5-13-25(19)20/h3-4,6-7,9-12,14H,1-2,5,8,13H2. The second-order valence-electron chi connectivity index (χ2n) is 6.23. The molecule has 0 amide bonds. The van der Waals surface area contributed by atoms with E-state index in [2.05, 4.69) is 47.8 Å². The summed E-state index contributed by atoms with van der Waals surface area (Å²) in [4.78, 5) is 4.56. The van der Waals surface area contributed by atoms with E-state index in [1.807, 2.05) is 42.6 Å². The van der Waals surface area contributed by atoms with Crippen molar-refractivity contribution in [3.8, 4) is 11.4 Å². The molecule has 5 heteroatoms. The highest BCUT2D eigenvalue weighted by molar-refractivity contribution is 9.10. The molecule has 0 N–H and O–H groups in total. The maximum absolute atomic E-state index is 4.56. The Morgan fingerprint density at radius 2 is 1.80 bits per heavy atom. The number of aliphatic imine (C=N–C) groups is 1. The van der Waals surface area contributed by atoms with Gasteiger partial charge in [0, 0.05) is 34.8 Å². The molecule has 4 nitrogen and oxygen atoms in total. The third-order valence-electron chi connectivity index (χ3n) is 4.49. The summed E-state index contributed by atoms with van der Waals surface area (Å²) in [5.74, 6) is 2.08. The summed E-state index contributed by atoms with van der Waals surface area (Å²) in [6.07, 6.45) is 6.59. The molecule has 2 aromatic carbocycles. The Kier molecular flexibility index (Phi) is 4.74. The van der Waals surface area contributed by atoms with Gasteiger partial charge in [-0.25, -0.2) is 0 Å². The smallest absolute Gasteiger partial charge is 0.163 e. The summed E-state index contributed by atoms with van der Waals surface area (Å²) in [6.45, 7) is 1.01. The normalized spacial score (nSPS) is 14.4. The van der Waals surface area contributed by atoms with Crippen molar-refractivity contribution in [3.63, 3.8) is 0 Å². The number of benzene rings is 2. The lowest BCUT2D eigenvalue weighted by Gasteiger charge is -2.07. The maximum Gasteiger partial charge on any atom is 0.163 e. The van der Waals surface area contributed by atoms with Crippen molar-refractivity contribution in [2.75, 3.05) is 0 Å². The van der Waals surface area contributed by atoms with Gasteiger partial charge in [-0.15, -0.1) is 10.2 Å². The van der Waals surface area contributed by atoms with Crippen LogP contribution >= 0.6 is 15.9 Å². The van der Waals surface area contributed by atoms with Crippen molar-refractivity contribution in [2.45, 2.75) is 32.2 Å². The fourth-order valence-corrected chi connectivity index (χ4v) is 3.51. The van der Waals surface area contributed by atoms with Gasteiger partial charge in [0.05, 0.1) is 5.69 Å². The second kappa shape index (κ2) is 7.31. The van der Waals surface area contributed by atoms with Gasteiger partial charge in [-0.2, -0.15) is 0 Å². The number of halogens is 1. The minimum Gasteiger partial charge on any atom is -0.311 e. The van der Waals surface area contributed by atoms with Crippen LogP contribution in [0.15, 0.2) is 58.0 Å². The van der Waals surface area contributed by atoms with Crippen molar-refractivity contribution < 1.29 is 0 Å². The van der Waals surface area contributed by atoms with Crippen LogP contribution in [0, 0.1) is 0 Å². The van der Waals surface area contributed by atoms with E-state index in [1.54, 1.807) is 0 Å². The van der Waals surface area contributed by atoms with Crippen LogP contribution in [-0.2, 0) is 13.0 Å². The summed E-state index contributed by atoms with van der Waals surface area (Å²) in [5.41, 5.74) is 3.09. The van der Waals surface area contributed by atoms with E-state index in [0.717, 1.165) is 45.9 Å². The van der Waals surface area contributed by atoms with Gasteiger partial charge in [0.25, 0.3) is 0 Å². The van der Waals surface area contributed by atoms with Gasteiger partial charge in [-0.3, -0.25) is 4.99 Å². The Bertz CT molecular complexity index is 896. The molecule has 0 spiro atoms. The van der Waals surface area contributed by atoms with Crippen LogP contribution in [0.5, 0.6) is 0 Å². The predicted octanol–water partition coefficient (Wildman–Crippen LogP) is 5.18. The molecule has 0 fully saturated rings. The fraction of sp³-hybridized carbons (Fsp3) is 0.250. The summed E-state index contributed by atoms with van der Waals surface area (Å²) < 4.78 is 3.31. The molecule has 25 heavy (non-hydrogen) atoms. The Morgan fingerprint density at radius 1 is 0.960 bits per heavy atom. The summed E-state index contributed by atoms with van der Waals surface area (Å²) in [5, 5.41) is 8.79. The number of nitrogens with zero attached hydrogens (tertiary/aromatic N) is 4. The third kappa shape index (κ3) is 3.56. The number of hydrogen-bond acceptors (Lipinski definition) is 3. The van der Waals surface area contributed by atoms with E-state index < -0.39 is 0 Å². The minimum atomic E-state index is 0.926. The van der Waals surface area contributed by atoms with E-state index in [0.29, 0.717) is 0 Å². The van der Waals surface area contributed by atoms with Crippen LogP contribution in [0.3, 0.4) is 0 Å². The van der Waals surface area contributed by atoms with Crippen LogP contribution < -0.4 is 0 Å². The molecule has 2 heterocycles. The zero-order valence-corrected chi connectivity index (χ0v) is 15.5. The van der Waals surface area contributed by atoms with Gasteiger partial charge < -0.3 is 4.57 Å². The second-order valence-corrected chi connectivity index (χ2v) is 7.08. The summed E-state index contributed by atoms with van der Waals surface area (Å²) in [6, 6.07) is 16.3. The average Bonchev–Trinajstić information content (AvgIpc) is 2.90. The molecule has 3 aromatic rings. The number of aromatic nitrogens is 3. The molecule has 0 aliphatic carbocycles. The quantitative estimate of drug-likeness (QED) is 0.574. The first-order valence-electron chi connectivity index (χ1n) is 8.62. The number of rotatable bonds is 3. The molecule has 1 aliphatic heterocycles. The Morgan fingerprint density at radius 3 is 2.64 bits per heavy atom. The maximum atomic E-state index is 4.56. The van der Waals surface area contributed by atoms with Crippen LogP contribution in [0.4, 0.5) is 5.69 Å². The molecule has 0 unspecified atom stereocenters. The number of fused-ring (bicyclic) bond motifs is 1. The highest BCUT2D eigenvalue weighted by Crippen LogP contribution is 2.25. The van der Waals surface area contributed by atoms with Crippen molar-refractivity contribution in [3.05, 3.63) is 64.4 Å². The van der Waals surface area contributed by atoms with Gasteiger partial charge in [0.15, 0.2) is 5.82 Å². The highest BCUT2D eigenvalue weighted by atomic mass is 79.9. The topological polar surface area (TPSA) is 43.1 Å². The predicted molar refractivity (Wildman–Crippen MR) is 104 cm³/mol. The molecular formula is C20H19BrN4. The zero-order valence-electron chi connectivity index (χ0n) is 13.9. The molecule has 0 bridgehead atoms. The molecular weight excluding hydrogens is 376 g/mol. The van der Waals surface area contributed by atoms with Gasteiger partial charge in [0.2, 0.25) is 0 Å². The van der Waals surface area contributed by atoms with E-state index in [1.165, 1.54) is 19.3 Å². The monoisotopic (exact) mass is 394 g/mol. The van der Waals surface area contributed by atoms with Crippen molar-refractivity contribution in [2.24, 2.45) is 4.99 Å². The van der Waals surface area contributed by atoms with Crippen LogP contribution in [0.25, 0.3) is 11.4 Å². The zero-order chi connectivity index (χ0) is 17.1. The molecule has 4 rings (SSSR count). The lowest BCUT2D eigenvalue weighted by molar-refractivity contribution is 0.636. The molecule has 126 valence electrons. The first kappa shape index (κ1) is 16.2. The number of aryl methyl sites for hydroxylation is 1. The largest absolute Gasteiger partial charge is 0.311 e. The third-order valence-corrected chi connectivity index (χ3v) is 5.22. The van der Waals surface area contributed by atoms with Gasteiger partial charge >= 0.3 is 0 Å². The van der Waals surface area contributed by atoms with E-state index in [4.69, 9.17) is 0 Å². The summed E-state index contributed by atoms with van der Waals surface area (Å²) in [7, 11) is 0. The van der Waals surface area contributed by atoms with Crippen molar-refractivity contribution >= 4 is 27.8 Å². The fourth-order valence-electron chi connectivity index (χ4n) is 3.12. The van der Waals surface area contributed by atoms with Gasteiger partial charge in [-0.05, 0) is 43.2 Å². The van der Waals surface area contributed by atoms with E-state index in [-0.39, 0.29) is 0 Å². The first-order chi connectivity index (χ1) is 12.3. The van der Waals surface area contributed by atoms with Crippen LogP contribution in [0.2, 0.25) is 0 Å². The Balaban J connectivity index is 1.57. The SMILES string of the molecule is Brc1ccccc1C=Nc1ccc(-c2nnc3n2CCCCC3)cc1. The van der Waals surface area contributed by atoms with Crippen molar-refractivity contribution in [1.82, 2.24) is 14.8 Å². The molecule has 0 radical (unpaired) electrons. The Labute approximate surface area is 155 Å². The molecule has 0 saturated heterocycles.